The van der Waals surface area contributed by atoms with Crippen LogP contribution < -0.4 is 32.7 Å². The first-order chi connectivity index (χ1) is 26.1. The standard InChI is InChI=1S/C21H23N7O2S.C15H20N6OS/c1-13-10-17(31-27-13)26-20-18(19(22)29)23-11-16(25-20)24-15-8-5-9-28(12-15)21(30)14-6-3-2-4-7-14;1-9-7-12(23-21-9)20-15-13(14(16)22)17-8-11(19-15)18-10-5-3-2-4-6-10/h2-4,6-7,10-11,15H,5,8-9,12H2,1H3,(H2,22,29)(H2,24,25,26);7-8,10H,2-6H2,1H3,(H2,16,22)(H2,18,19,20)/t15-;/m0./s1. The highest BCUT2D eigenvalue weighted by Gasteiger charge is 2.25. The third kappa shape index (κ3) is 10.2. The Morgan fingerprint density at radius 1 is 0.722 bits per heavy atom. The zero-order valence-electron chi connectivity index (χ0n) is 30.0. The molecule has 54 heavy (non-hydrogen) atoms. The van der Waals surface area contributed by atoms with E-state index in [-0.39, 0.29) is 29.2 Å². The molecule has 5 aromatic rings. The number of likely N-dealkylation sites (tertiary alicyclic amines) is 1. The maximum atomic E-state index is 12.8. The molecule has 1 aromatic carbocycles. The van der Waals surface area contributed by atoms with E-state index in [1.54, 1.807) is 6.20 Å². The van der Waals surface area contributed by atoms with Crippen LogP contribution in [0.15, 0.2) is 54.9 Å². The number of benzene rings is 1. The summed E-state index contributed by atoms with van der Waals surface area (Å²) in [7, 11) is 0. The minimum Gasteiger partial charge on any atom is -0.366 e. The van der Waals surface area contributed by atoms with Gasteiger partial charge < -0.3 is 37.6 Å². The highest BCUT2D eigenvalue weighted by molar-refractivity contribution is 7.10. The van der Waals surface area contributed by atoms with Crippen LogP contribution >= 0.6 is 23.1 Å². The quantitative estimate of drug-likeness (QED) is 0.0958. The van der Waals surface area contributed by atoms with Gasteiger partial charge in [0.1, 0.15) is 21.6 Å². The first-order valence-electron chi connectivity index (χ1n) is 17.7. The number of nitrogens with one attached hydrogen (secondary N) is 4. The number of aryl methyl sites for hydroxylation is 2. The van der Waals surface area contributed by atoms with E-state index in [4.69, 9.17) is 11.5 Å². The van der Waals surface area contributed by atoms with Gasteiger partial charge in [-0.05, 0) is 86.9 Å². The summed E-state index contributed by atoms with van der Waals surface area (Å²) < 4.78 is 8.42. The predicted molar refractivity (Wildman–Crippen MR) is 211 cm³/mol. The predicted octanol–water partition coefficient (Wildman–Crippen LogP) is 5.63. The summed E-state index contributed by atoms with van der Waals surface area (Å²) in [4.78, 5) is 55.3. The molecule has 2 aliphatic rings. The monoisotopic (exact) mass is 769 g/mol. The van der Waals surface area contributed by atoms with Crippen LogP contribution in [0.1, 0.15) is 87.7 Å². The number of anilines is 6. The Balaban J connectivity index is 0.000000193. The molecular weight excluding hydrogens is 727 g/mol. The number of piperidine rings is 1. The van der Waals surface area contributed by atoms with Crippen LogP contribution in [-0.2, 0) is 0 Å². The molecule has 1 aliphatic carbocycles. The largest absolute Gasteiger partial charge is 0.366 e. The highest BCUT2D eigenvalue weighted by atomic mass is 32.1. The van der Waals surface area contributed by atoms with Crippen molar-refractivity contribution in [3.8, 4) is 0 Å². The Labute approximate surface area is 320 Å². The lowest BCUT2D eigenvalue weighted by atomic mass is 9.96. The summed E-state index contributed by atoms with van der Waals surface area (Å²) in [6.07, 6.45) is 10.9. The summed E-state index contributed by atoms with van der Waals surface area (Å²) in [5.41, 5.74) is 13.5. The molecule has 5 heterocycles. The van der Waals surface area contributed by atoms with Crippen molar-refractivity contribution in [3.63, 3.8) is 0 Å². The fourth-order valence-electron chi connectivity index (χ4n) is 6.24. The van der Waals surface area contributed by atoms with Gasteiger partial charge >= 0.3 is 0 Å². The van der Waals surface area contributed by atoms with Crippen LogP contribution in [0, 0.1) is 13.8 Å². The van der Waals surface area contributed by atoms with Crippen LogP contribution in [0.4, 0.5) is 33.3 Å². The Morgan fingerprint density at radius 3 is 1.74 bits per heavy atom. The summed E-state index contributed by atoms with van der Waals surface area (Å²) in [5.74, 6) is 0.547. The van der Waals surface area contributed by atoms with E-state index in [1.807, 2.05) is 61.2 Å². The van der Waals surface area contributed by atoms with Crippen molar-refractivity contribution in [2.24, 2.45) is 11.5 Å². The third-order valence-corrected chi connectivity index (χ3v) is 10.4. The Morgan fingerprint density at radius 2 is 1.24 bits per heavy atom. The Bertz CT molecular complexity index is 2070. The molecule has 1 saturated carbocycles. The zero-order chi connectivity index (χ0) is 38.0. The molecule has 1 saturated heterocycles. The summed E-state index contributed by atoms with van der Waals surface area (Å²) in [6, 6.07) is 13.4. The summed E-state index contributed by atoms with van der Waals surface area (Å²) in [5, 5.41) is 14.5. The maximum Gasteiger partial charge on any atom is 0.271 e. The second kappa shape index (κ2) is 17.8. The van der Waals surface area contributed by atoms with Crippen molar-refractivity contribution in [1.29, 1.82) is 0 Å². The lowest BCUT2D eigenvalue weighted by Gasteiger charge is -2.33. The van der Waals surface area contributed by atoms with Gasteiger partial charge in [0.25, 0.3) is 17.7 Å². The molecule has 1 atom stereocenters. The molecule has 0 bridgehead atoms. The topological polar surface area (TPSA) is 232 Å². The molecule has 1 aliphatic heterocycles. The summed E-state index contributed by atoms with van der Waals surface area (Å²) >= 11 is 2.57. The highest BCUT2D eigenvalue weighted by Crippen LogP contribution is 2.26. The molecule has 3 amide bonds. The van der Waals surface area contributed by atoms with Crippen molar-refractivity contribution >= 4 is 74.1 Å². The SMILES string of the molecule is Cc1cc(Nc2nc(NC3CCCCC3)cnc2C(N)=O)sn1.Cc1cc(Nc2nc(N[C@H]3CCCN(C(=O)c4ccccc4)C3)cnc2C(N)=O)sn1. The molecule has 2 fully saturated rings. The van der Waals surface area contributed by atoms with Crippen LogP contribution in [0.5, 0.6) is 0 Å². The molecule has 0 unspecified atom stereocenters. The first kappa shape index (κ1) is 38.0. The van der Waals surface area contributed by atoms with E-state index >= 15 is 0 Å². The average Bonchev–Trinajstić information content (AvgIpc) is 3.78. The number of hydrogen-bond acceptors (Lipinski definition) is 15. The van der Waals surface area contributed by atoms with Gasteiger partial charge in [-0.25, -0.2) is 19.9 Å². The number of nitrogens with zero attached hydrogens (tertiary/aromatic N) is 7. The van der Waals surface area contributed by atoms with E-state index in [9.17, 15) is 14.4 Å². The molecular formula is C36H43N13O3S2. The average molecular weight is 770 g/mol. The van der Waals surface area contributed by atoms with Crippen LogP contribution in [0.25, 0.3) is 0 Å². The van der Waals surface area contributed by atoms with E-state index in [2.05, 4.69) is 50.0 Å². The van der Waals surface area contributed by atoms with Gasteiger partial charge in [0.2, 0.25) is 0 Å². The number of rotatable bonds is 11. The molecule has 0 radical (unpaired) electrons. The van der Waals surface area contributed by atoms with Crippen molar-refractivity contribution in [1.82, 2.24) is 33.6 Å². The number of hydrogen-bond donors (Lipinski definition) is 6. The van der Waals surface area contributed by atoms with Gasteiger partial charge in [-0.3, -0.25) is 14.4 Å². The zero-order valence-corrected chi connectivity index (χ0v) is 31.7. The fourth-order valence-corrected chi connectivity index (χ4v) is 7.56. The maximum absolute atomic E-state index is 12.8. The van der Waals surface area contributed by atoms with Crippen molar-refractivity contribution < 1.29 is 14.4 Å². The number of aromatic nitrogens is 6. The number of carbonyl (C=O) groups excluding carboxylic acids is 3. The molecule has 0 spiro atoms. The molecule has 8 N–H and O–H groups in total. The van der Waals surface area contributed by atoms with Gasteiger partial charge in [-0.1, -0.05) is 37.5 Å². The van der Waals surface area contributed by atoms with Gasteiger partial charge in [0.05, 0.1) is 23.8 Å². The number of nitrogens with two attached hydrogens (primary N) is 2. The lowest BCUT2D eigenvalue weighted by molar-refractivity contribution is 0.0714. The Kier molecular flexibility index (Phi) is 12.6. The van der Waals surface area contributed by atoms with Crippen molar-refractivity contribution in [3.05, 3.63) is 83.2 Å². The fraction of sp³-hybridized carbons (Fsp3) is 0.361. The number of primary amides is 2. The third-order valence-electron chi connectivity index (χ3n) is 8.79. The van der Waals surface area contributed by atoms with Gasteiger partial charge in [-0.2, -0.15) is 8.75 Å². The van der Waals surface area contributed by atoms with E-state index in [0.717, 1.165) is 53.6 Å². The second-order valence-corrected chi connectivity index (χ2v) is 14.7. The molecule has 4 aromatic heterocycles. The van der Waals surface area contributed by atoms with Crippen molar-refractivity contribution in [2.45, 2.75) is 70.9 Å². The normalized spacial score (nSPS) is 15.7. The summed E-state index contributed by atoms with van der Waals surface area (Å²) in [6.45, 7) is 5.06. The minimum absolute atomic E-state index is 0.0187. The van der Waals surface area contributed by atoms with E-state index in [1.165, 1.54) is 48.5 Å². The van der Waals surface area contributed by atoms with Crippen LogP contribution in [-0.4, -0.2) is 76.5 Å². The van der Waals surface area contributed by atoms with Gasteiger partial charge in [0, 0.05) is 30.7 Å². The lowest BCUT2D eigenvalue weighted by Crippen LogP contribution is -2.45. The van der Waals surface area contributed by atoms with E-state index < -0.39 is 11.8 Å². The molecule has 16 nitrogen and oxygen atoms in total. The molecule has 282 valence electrons. The second-order valence-electron chi connectivity index (χ2n) is 13.1. The van der Waals surface area contributed by atoms with Crippen LogP contribution in [0.3, 0.4) is 0 Å². The van der Waals surface area contributed by atoms with E-state index in [0.29, 0.717) is 35.6 Å². The smallest absolute Gasteiger partial charge is 0.271 e. The first-order valence-corrected chi connectivity index (χ1v) is 19.3. The Hall–Kier alpha value is -5.75. The molecule has 7 rings (SSSR count). The number of amides is 3. The van der Waals surface area contributed by atoms with Gasteiger partial charge in [0.15, 0.2) is 23.0 Å². The number of carbonyl (C=O) groups is 3. The molecule has 18 heteroatoms. The van der Waals surface area contributed by atoms with Crippen LogP contribution in [0.2, 0.25) is 0 Å². The minimum atomic E-state index is -0.667. The van der Waals surface area contributed by atoms with Gasteiger partial charge in [-0.15, -0.1) is 0 Å². The van der Waals surface area contributed by atoms with Crippen molar-refractivity contribution in [2.75, 3.05) is 34.4 Å².